The van der Waals surface area contributed by atoms with E-state index in [1.54, 1.807) is 18.2 Å². The third kappa shape index (κ3) is 3.30. The summed E-state index contributed by atoms with van der Waals surface area (Å²) in [6.07, 6.45) is 5.99. The number of hydrazone groups is 1. The van der Waals surface area contributed by atoms with Crippen LogP contribution in [0.4, 0.5) is 5.69 Å². The molecule has 1 aromatic carbocycles. The molecule has 1 aromatic heterocycles. The second kappa shape index (κ2) is 7.05. The van der Waals surface area contributed by atoms with E-state index in [-0.39, 0.29) is 28.0 Å². The number of nitro groups is 1. The van der Waals surface area contributed by atoms with Crippen LogP contribution >= 0.6 is 11.6 Å². The van der Waals surface area contributed by atoms with Crippen LogP contribution in [0.5, 0.6) is 0 Å². The molecule has 1 N–H and O–H groups in total. The summed E-state index contributed by atoms with van der Waals surface area (Å²) < 4.78 is 5.62. The van der Waals surface area contributed by atoms with Crippen molar-refractivity contribution in [3.8, 4) is 11.3 Å². The van der Waals surface area contributed by atoms with Crippen molar-refractivity contribution in [1.82, 2.24) is 5.43 Å². The maximum Gasteiger partial charge on any atom is 0.281 e. The van der Waals surface area contributed by atoms with Crippen LogP contribution in [-0.4, -0.2) is 17.0 Å². The Bertz CT molecular complexity index is 970. The van der Waals surface area contributed by atoms with E-state index in [9.17, 15) is 14.9 Å². The molecule has 3 atom stereocenters. The van der Waals surface area contributed by atoms with Gasteiger partial charge in [-0.05, 0) is 48.4 Å². The van der Waals surface area contributed by atoms with Gasteiger partial charge in [0.25, 0.3) is 5.69 Å². The molecule has 0 saturated heterocycles. The highest BCUT2D eigenvalue weighted by Crippen LogP contribution is 2.66. The average molecular weight is 402 g/mol. The van der Waals surface area contributed by atoms with Gasteiger partial charge in [0, 0.05) is 17.0 Å². The summed E-state index contributed by atoms with van der Waals surface area (Å²) in [4.78, 5) is 23.1. The Hall–Kier alpha value is -2.67. The van der Waals surface area contributed by atoms with E-state index in [4.69, 9.17) is 16.0 Å². The first-order valence-electron chi connectivity index (χ1n) is 9.27. The van der Waals surface area contributed by atoms with E-state index in [2.05, 4.69) is 17.5 Å². The number of benzene rings is 1. The van der Waals surface area contributed by atoms with Crippen LogP contribution in [0.3, 0.4) is 0 Å². The molecule has 2 aliphatic carbocycles. The first kappa shape index (κ1) is 18.7. The largest absolute Gasteiger partial charge is 0.455 e. The Kier molecular flexibility index (Phi) is 4.71. The fraction of sp³-hybridized carbons (Fsp3) is 0.400. The SMILES string of the molecule is C[C@]12CCCC[C@H]1[C@H]2C(=O)N/N=C\c1ccc(-c2ccc(Cl)cc2[N+](=O)[O-])o1. The summed E-state index contributed by atoms with van der Waals surface area (Å²) in [6.45, 7) is 2.18. The van der Waals surface area contributed by atoms with Crippen molar-refractivity contribution in [2.24, 2.45) is 22.4 Å². The molecule has 2 aliphatic rings. The number of furan rings is 1. The van der Waals surface area contributed by atoms with Crippen LogP contribution in [0.2, 0.25) is 5.02 Å². The number of hydrogen-bond acceptors (Lipinski definition) is 5. The minimum Gasteiger partial charge on any atom is -0.455 e. The summed E-state index contributed by atoms with van der Waals surface area (Å²) in [5.74, 6) is 1.18. The minimum atomic E-state index is -0.507. The molecule has 1 heterocycles. The lowest BCUT2D eigenvalue weighted by molar-refractivity contribution is -0.384. The highest BCUT2D eigenvalue weighted by Gasteiger charge is 2.64. The number of nitrogens with one attached hydrogen (secondary N) is 1. The second-order valence-corrected chi connectivity index (χ2v) is 8.13. The van der Waals surface area contributed by atoms with Gasteiger partial charge in [-0.25, -0.2) is 5.43 Å². The number of halogens is 1. The highest BCUT2D eigenvalue weighted by molar-refractivity contribution is 6.30. The zero-order valence-corrected chi connectivity index (χ0v) is 16.1. The second-order valence-electron chi connectivity index (χ2n) is 7.69. The molecule has 146 valence electrons. The van der Waals surface area contributed by atoms with Crippen molar-refractivity contribution in [1.29, 1.82) is 0 Å². The van der Waals surface area contributed by atoms with Crippen LogP contribution in [0.15, 0.2) is 39.9 Å². The van der Waals surface area contributed by atoms with Crippen molar-refractivity contribution < 1.29 is 14.1 Å². The lowest BCUT2D eigenvalue weighted by atomic mass is 9.90. The third-order valence-corrected chi connectivity index (χ3v) is 6.26. The van der Waals surface area contributed by atoms with E-state index in [0.29, 0.717) is 23.0 Å². The fourth-order valence-electron chi connectivity index (χ4n) is 4.51. The molecule has 0 unspecified atom stereocenters. The van der Waals surface area contributed by atoms with Gasteiger partial charge in [0.1, 0.15) is 11.5 Å². The summed E-state index contributed by atoms with van der Waals surface area (Å²) in [7, 11) is 0. The molecule has 0 radical (unpaired) electrons. The van der Waals surface area contributed by atoms with E-state index in [1.165, 1.54) is 31.2 Å². The Labute approximate surface area is 166 Å². The van der Waals surface area contributed by atoms with Gasteiger partial charge < -0.3 is 4.42 Å². The van der Waals surface area contributed by atoms with Crippen molar-refractivity contribution in [3.63, 3.8) is 0 Å². The number of rotatable bonds is 5. The Morgan fingerprint density at radius 2 is 2.21 bits per heavy atom. The summed E-state index contributed by atoms with van der Waals surface area (Å²) in [6, 6.07) is 7.65. The van der Waals surface area contributed by atoms with Gasteiger partial charge in [0.15, 0.2) is 0 Å². The van der Waals surface area contributed by atoms with Crippen molar-refractivity contribution in [3.05, 3.63) is 51.2 Å². The van der Waals surface area contributed by atoms with Crippen LogP contribution in [0, 0.1) is 27.4 Å². The molecule has 2 aromatic rings. The molecule has 1 amide bonds. The Morgan fingerprint density at radius 1 is 1.39 bits per heavy atom. The maximum atomic E-state index is 12.4. The first-order chi connectivity index (χ1) is 13.4. The fourth-order valence-corrected chi connectivity index (χ4v) is 4.68. The smallest absolute Gasteiger partial charge is 0.281 e. The number of nitro benzene ring substituents is 1. The molecule has 28 heavy (non-hydrogen) atoms. The monoisotopic (exact) mass is 401 g/mol. The van der Waals surface area contributed by atoms with Gasteiger partial charge in [0.05, 0.1) is 16.7 Å². The van der Waals surface area contributed by atoms with E-state index >= 15 is 0 Å². The standard InChI is InChI=1S/C20H20ClN3O4/c1-20-9-3-2-4-15(20)18(20)19(25)23-22-11-13-6-8-17(28-13)14-7-5-12(21)10-16(14)24(26)27/h5-8,10-11,15,18H,2-4,9H2,1H3,(H,23,25)/b22-11-/t15-,18-,20-/m0/s1. The van der Waals surface area contributed by atoms with Gasteiger partial charge in [0.2, 0.25) is 5.91 Å². The number of carbonyl (C=O) groups is 1. The van der Waals surface area contributed by atoms with Gasteiger partial charge in [-0.2, -0.15) is 5.10 Å². The zero-order valence-electron chi connectivity index (χ0n) is 15.4. The molecule has 2 fully saturated rings. The lowest BCUT2D eigenvalue weighted by Crippen LogP contribution is -2.22. The number of amides is 1. The summed E-state index contributed by atoms with van der Waals surface area (Å²) >= 11 is 5.84. The van der Waals surface area contributed by atoms with E-state index < -0.39 is 4.92 Å². The van der Waals surface area contributed by atoms with Crippen LogP contribution in [0.25, 0.3) is 11.3 Å². The molecule has 2 saturated carbocycles. The quantitative estimate of drug-likeness (QED) is 0.442. The van der Waals surface area contributed by atoms with Crippen molar-refractivity contribution in [2.45, 2.75) is 32.6 Å². The third-order valence-electron chi connectivity index (χ3n) is 6.03. The first-order valence-corrected chi connectivity index (χ1v) is 9.65. The molecular formula is C20H20ClN3O4. The molecule has 0 spiro atoms. The lowest BCUT2D eigenvalue weighted by Gasteiger charge is -2.15. The predicted octanol–water partition coefficient (Wildman–Crippen LogP) is 4.78. The van der Waals surface area contributed by atoms with Gasteiger partial charge in [-0.3, -0.25) is 14.9 Å². The number of carbonyl (C=O) groups excluding carboxylic acids is 1. The molecule has 8 heteroatoms. The molecule has 0 bridgehead atoms. The normalized spacial score (nSPS) is 26.1. The van der Waals surface area contributed by atoms with Gasteiger partial charge in [-0.15, -0.1) is 0 Å². The maximum absolute atomic E-state index is 12.4. The highest BCUT2D eigenvalue weighted by atomic mass is 35.5. The summed E-state index contributed by atoms with van der Waals surface area (Å²) in [5.41, 5.74) is 2.92. The average Bonchev–Trinajstić information content (AvgIpc) is 3.02. The number of fused-ring (bicyclic) bond motifs is 1. The summed E-state index contributed by atoms with van der Waals surface area (Å²) in [5, 5.41) is 15.5. The molecule has 4 rings (SSSR count). The number of hydrogen-bond donors (Lipinski definition) is 1. The van der Waals surface area contributed by atoms with Crippen molar-refractivity contribution >= 4 is 29.4 Å². The topological polar surface area (TPSA) is 97.7 Å². The molecule has 0 aliphatic heterocycles. The van der Waals surface area contributed by atoms with Gasteiger partial charge >= 0.3 is 0 Å². The van der Waals surface area contributed by atoms with Crippen molar-refractivity contribution in [2.75, 3.05) is 0 Å². The van der Waals surface area contributed by atoms with E-state index in [0.717, 1.165) is 12.8 Å². The Balaban J connectivity index is 1.43. The minimum absolute atomic E-state index is 0.0380. The molecule has 7 nitrogen and oxygen atoms in total. The Morgan fingerprint density at radius 3 is 2.93 bits per heavy atom. The van der Waals surface area contributed by atoms with E-state index in [1.807, 2.05) is 0 Å². The van der Waals surface area contributed by atoms with Gasteiger partial charge in [-0.1, -0.05) is 31.4 Å². The van der Waals surface area contributed by atoms with Crippen LogP contribution < -0.4 is 5.43 Å². The number of nitrogens with zero attached hydrogens (tertiary/aromatic N) is 2. The zero-order chi connectivity index (χ0) is 19.9. The molecular weight excluding hydrogens is 382 g/mol. The van der Waals surface area contributed by atoms with Crippen LogP contribution in [-0.2, 0) is 4.79 Å². The predicted molar refractivity (Wildman–Crippen MR) is 105 cm³/mol. The van der Waals surface area contributed by atoms with Crippen LogP contribution in [0.1, 0.15) is 38.4 Å².